The number of carbonyl (C=O) groups excluding carboxylic acids is 2. The minimum Gasteiger partial charge on any atom is -0.442 e. The second-order valence-corrected chi connectivity index (χ2v) is 3.75. The van der Waals surface area contributed by atoms with Crippen LogP contribution in [0.2, 0.25) is 0 Å². The molecule has 1 aliphatic rings. The Kier molecular flexibility index (Phi) is 2.56. The first-order chi connectivity index (χ1) is 5.90. The number of hydrogen-bond acceptors (Lipinski definition) is 4. The van der Waals surface area contributed by atoms with E-state index in [0.29, 0.717) is 5.06 Å². The summed E-state index contributed by atoms with van der Waals surface area (Å²) >= 11 is 0. The first-order valence-corrected chi connectivity index (χ1v) is 4.09. The van der Waals surface area contributed by atoms with Crippen molar-refractivity contribution in [1.29, 1.82) is 0 Å². The predicted octanol–water partition coefficient (Wildman–Crippen LogP) is 1.09. The molecule has 74 valence electrons. The molecule has 0 aromatic rings. The Hall–Kier alpha value is -1.10. The third-order valence-electron chi connectivity index (χ3n) is 1.32. The number of ether oxygens (including phenoxy) is 1. The number of carbonyl (C=O) groups is 2. The lowest BCUT2D eigenvalue weighted by Gasteiger charge is -2.22. The van der Waals surface area contributed by atoms with Gasteiger partial charge in [-0.25, -0.2) is 4.79 Å². The van der Waals surface area contributed by atoms with Gasteiger partial charge in [-0.3, -0.25) is 9.63 Å². The Morgan fingerprint density at radius 1 is 1.54 bits per heavy atom. The average molecular weight is 187 g/mol. The first-order valence-electron chi connectivity index (χ1n) is 4.09. The van der Waals surface area contributed by atoms with Gasteiger partial charge in [-0.15, -0.1) is 5.06 Å². The Morgan fingerprint density at radius 2 is 2.15 bits per heavy atom. The van der Waals surface area contributed by atoms with Crippen molar-refractivity contribution < 1.29 is 19.2 Å². The zero-order valence-corrected chi connectivity index (χ0v) is 7.99. The Bertz CT molecular complexity index is 231. The number of rotatable bonds is 0. The van der Waals surface area contributed by atoms with Crippen LogP contribution in [-0.2, 0) is 14.4 Å². The van der Waals surface area contributed by atoms with Gasteiger partial charge in [0.1, 0.15) is 5.60 Å². The lowest BCUT2D eigenvalue weighted by Crippen LogP contribution is -2.36. The fraction of sp³-hybridized carbons (Fsp3) is 0.750. The van der Waals surface area contributed by atoms with Gasteiger partial charge in [0.25, 0.3) is 5.91 Å². The zero-order chi connectivity index (χ0) is 10.1. The van der Waals surface area contributed by atoms with Crippen molar-refractivity contribution in [3.05, 3.63) is 0 Å². The van der Waals surface area contributed by atoms with Gasteiger partial charge in [0.2, 0.25) is 0 Å². The molecule has 5 nitrogen and oxygen atoms in total. The highest BCUT2D eigenvalue weighted by atomic mass is 16.7. The minimum absolute atomic E-state index is 0.235. The highest BCUT2D eigenvalue weighted by Gasteiger charge is 2.32. The van der Waals surface area contributed by atoms with Crippen molar-refractivity contribution in [3.8, 4) is 0 Å². The van der Waals surface area contributed by atoms with Crippen molar-refractivity contribution in [2.75, 3.05) is 6.61 Å². The lowest BCUT2D eigenvalue weighted by molar-refractivity contribution is -0.155. The molecule has 0 aromatic carbocycles. The number of amides is 2. The Labute approximate surface area is 76.6 Å². The van der Waals surface area contributed by atoms with Gasteiger partial charge in [0, 0.05) is 0 Å². The predicted molar refractivity (Wildman–Crippen MR) is 43.6 cm³/mol. The molecule has 1 fully saturated rings. The number of imide groups is 1. The zero-order valence-electron chi connectivity index (χ0n) is 7.99. The smallest absolute Gasteiger partial charge is 0.442 e. The molecule has 0 aromatic heterocycles. The van der Waals surface area contributed by atoms with Gasteiger partial charge in [0.15, 0.2) is 0 Å². The van der Waals surface area contributed by atoms with E-state index in [9.17, 15) is 9.59 Å². The van der Waals surface area contributed by atoms with E-state index in [1.165, 1.54) is 0 Å². The first kappa shape index (κ1) is 9.98. The SMILES string of the molecule is CC(C)(C)OC(=O)N1OCCC1=O. The van der Waals surface area contributed by atoms with Crippen molar-refractivity contribution in [3.63, 3.8) is 0 Å². The van der Waals surface area contributed by atoms with Crippen molar-refractivity contribution in [2.45, 2.75) is 32.8 Å². The molecule has 1 heterocycles. The van der Waals surface area contributed by atoms with E-state index in [1.54, 1.807) is 20.8 Å². The van der Waals surface area contributed by atoms with Crippen LogP contribution in [0.1, 0.15) is 27.2 Å². The summed E-state index contributed by atoms with van der Waals surface area (Å²) < 4.78 is 4.93. The van der Waals surface area contributed by atoms with Gasteiger partial charge in [-0.05, 0) is 20.8 Å². The van der Waals surface area contributed by atoms with Crippen LogP contribution in [0.3, 0.4) is 0 Å². The molecule has 2 amide bonds. The quantitative estimate of drug-likeness (QED) is 0.569. The van der Waals surface area contributed by atoms with Crippen LogP contribution < -0.4 is 0 Å². The molecular formula is C8H13NO4. The van der Waals surface area contributed by atoms with Crippen LogP contribution >= 0.6 is 0 Å². The fourth-order valence-corrected chi connectivity index (χ4v) is 0.856. The topological polar surface area (TPSA) is 55.8 Å². The molecule has 13 heavy (non-hydrogen) atoms. The summed E-state index contributed by atoms with van der Waals surface area (Å²) in [5, 5.41) is 0.672. The summed E-state index contributed by atoms with van der Waals surface area (Å²) in [5.74, 6) is -0.353. The van der Waals surface area contributed by atoms with E-state index in [1.807, 2.05) is 0 Å². The van der Waals surface area contributed by atoms with Crippen LogP contribution in [0, 0.1) is 0 Å². The largest absolute Gasteiger partial charge is 0.442 e. The van der Waals surface area contributed by atoms with E-state index >= 15 is 0 Å². The number of hydrogen-bond donors (Lipinski definition) is 0. The summed E-state index contributed by atoms with van der Waals surface area (Å²) in [6.45, 7) is 5.43. The van der Waals surface area contributed by atoms with Gasteiger partial charge < -0.3 is 4.74 Å². The Balaban J connectivity index is 2.53. The van der Waals surface area contributed by atoms with Gasteiger partial charge in [0.05, 0.1) is 13.0 Å². The van der Waals surface area contributed by atoms with Crippen molar-refractivity contribution in [2.24, 2.45) is 0 Å². The molecule has 0 bridgehead atoms. The summed E-state index contributed by atoms with van der Waals surface area (Å²) in [5.41, 5.74) is -0.608. The van der Waals surface area contributed by atoms with Crippen LogP contribution in [0.5, 0.6) is 0 Å². The second-order valence-electron chi connectivity index (χ2n) is 3.75. The molecule has 1 aliphatic heterocycles. The highest BCUT2D eigenvalue weighted by Crippen LogP contribution is 2.14. The molecule has 0 unspecified atom stereocenters. The second kappa shape index (κ2) is 3.33. The maximum Gasteiger partial charge on any atom is 0.442 e. The number of nitrogens with zero attached hydrogens (tertiary/aromatic N) is 1. The molecule has 5 heteroatoms. The van der Waals surface area contributed by atoms with Gasteiger partial charge in [-0.2, -0.15) is 0 Å². The molecule has 0 atom stereocenters. The van der Waals surface area contributed by atoms with Crippen molar-refractivity contribution >= 4 is 12.0 Å². The van der Waals surface area contributed by atoms with Gasteiger partial charge >= 0.3 is 6.09 Å². The summed E-state index contributed by atoms with van der Waals surface area (Å²) in [4.78, 5) is 27.0. The third-order valence-corrected chi connectivity index (χ3v) is 1.32. The van der Waals surface area contributed by atoms with E-state index in [4.69, 9.17) is 9.57 Å². The lowest BCUT2D eigenvalue weighted by atomic mass is 10.2. The van der Waals surface area contributed by atoms with Crippen LogP contribution in [-0.4, -0.2) is 29.3 Å². The van der Waals surface area contributed by atoms with Gasteiger partial charge in [-0.1, -0.05) is 0 Å². The molecule has 1 rings (SSSR count). The molecule has 0 spiro atoms. The molecule has 1 saturated heterocycles. The third kappa shape index (κ3) is 2.69. The molecule has 0 saturated carbocycles. The van der Waals surface area contributed by atoms with Crippen LogP contribution in [0.4, 0.5) is 4.79 Å². The molecular weight excluding hydrogens is 174 g/mol. The summed E-state index contributed by atoms with van der Waals surface area (Å²) in [6, 6.07) is 0. The van der Waals surface area contributed by atoms with E-state index < -0.39 is 11.7 Å². The standard InChI is InChI=1S/C8H13NO4/c1-8(2,3)13-7(11)9-6(10)4-5-12-9/h4-5H2,1-3H3. The Morgan fingerprint density at radius 3 is 2.54 bits per heavy atom. The maximum absolute atomic E-state index is 11.2. The molecule has 0 radical (unpaired) electrons. The fourth-order valence-electron chi connectivity index (χ4n) is 0.856. The van der Waals surface area contributed by atoms with E-state index in [-0.39, 0.29) is 18.9 Å². The van der Waals surface area contributed by atoms with E-state index in [2.05, 4.69) is 0 Å². The molecule has 0 aliphatic carbocycles. The van der Waals surface area contributed by atoms with Crippen LogP contribution in [0.15, 0.2) is 0 Å². The van der Waals surface area contributed by atoms with Crippen LogP contribution in [0.25, 0.3) is 0 Å². The van der Waals surface area contributed by atoms with Crippen molar-refractivity contribution in [1.82, 2.24) is 5.06 Å². The summed E-state index contributed by atoms with van der Waals surface area (Å²) in [7, 11) is 0. The monoisotopic (exact) mass is 187 g/mol. The minimum atomic E-state index is -0.741. The molecule has 0 N–H and O–H groups in total. The number of hydroxylamine groups is 2. The highest BCUT2D eigenvalue weighted by molar-refractivity contribution is 5.91. The van der Waals surface area contributed by atoms with E-state index in [0.717, 1.165) is 0 Å². The maximum atomic E-state index is 11.2. The summed E-state index contributed by atoms with van der Waals surface area (Å²) in [6.07, 6.45) is -0.505. The average Bonchev–Trinajstić information content (AvgIpc) is 2.30. The normalized spacial score (nSPS) is 17.8.